The van der Waals surface area contributed by atoms with Gasteiger partial charge in [-0.2, -0.15) is 0 Å². The molecule has 0 radical (unpaired) electrons. The average Bonchev–Trinajstić information content (AvgIpc) is 2.86. The van der Waals surface area contributed by atoms with Gasteiger partial charge in [-0.3, -0.25) is 9.69 Å². The lowest BCUT2D eigenvalue weighted by atomic mass is 10.4. The topological polar surface area (TPSA) is 75.2 Å². The van der Waals surface area contributed by atoms with E-state index in [9.17, 15) is 9.59 Å². The van der Waals surface area contributed by atoms with Crippen molar-refractivity contribution < 1.29 is 9.59 Å². The Morgan fingerprint density at radius 1 is 1.59 bits per heavy atom. The van der Waals surface area contributed by atoms with Crippen molar-refractivity contribution >= 4 is 35.0 Å². The monoisotopic (exact) mass is 272 g/mol. The summed E-state index contributed by atoms with van der Waals surface area (Å²) in [5, 5.41) is 11.0. The number of hydrogen-bond donors (Lipinski definition) is 1. The number of nitrogens with zero attached hydrogens (tertiary/aromatic N) is 3. The second kappa shape index (κ2) is 5.01. The van der Waals surface area contributed by atoms with Gasteiger partial charge in [-0.25, -0.2) is 4.79 Å². The lowest BCUT2D eigenvalue weighted by Crippen LogP contribution is -2.38. The zero-order valence-corrected chi connectivity index (χ0v) is 11.1. The molecule has 1 fully saturated rings. The molecule has 1 unspecified atom stereocenters. The highest BCUT2D eigenvalue weighted by Crippen LogP contribution is 2.27. The third-order valence-electron chi connectivity index (χ3n) is 2.26. The molecule has 1 saturated heterocycles. The van der Waals surface area contributed by atoms with Gasteiger partial charge >= 0.3 is 6.03 Å². The van der Waals surface area contributed by atoms with Crippen LogP contribution in [0.2, 0.25) is 0 Å². The molecule has 0 aromatic carbocycles. The maximum atomic E-state index is 12.0. The van der Waals surface area contributed by atoms with Gasteiger partial charge in [-0.15, -0.1) is 10.2 Å². The van der Waals surface area contributed by atoms with E-state index in [1.807, 2.05) is 6.92 Å². The van der Waals surface area contributed by atoms with E-state index in [1.165, 1.54) is 28.0 Å². The lowest BCUT2D eigenvalue weighted by molar-refractivity contribution is -0.126. The van der Waals surface area contributed by atoms with E-state index in [4.69, 9.17) is 0 Å². The molecule has 0 aliphatic carbocycles. The zero-order valence-electron chi connectivity index (χ0n) is 9.47. The standard InChI is InChI=1S/C9H12N4O2S2/c1-5(16-9-12-11-6(2)17-9)7(14)13-4-3-10-8(13)15/h5H,3-4H2,1-2H3,(H,10,15). The molecule has 1 aromatic rings. The summed E-state index contributed by atoms with van der Waals surface area (Å²) in [5.41, 5.74) is 0. The van der Waals surface area contributed by atoms with Gasteiger partial charge in [0.15, 0.2) is 4.34 Å². The Balaban J connectivity index is 1.97. The largest absolute Gasteiger partial charge is 0.336 e. The number of carbonyl (C=O) groups excluding carboxylic acids is 2. The van der Waals surface area contributed by atoms with Crippen LogP contribution in [0.1, 0.15) is 11.9 Å². The minimum Gasteiger partial charge on any atom is -0.336 e. The Morgan fingerprint density at radius 3 is 2.88 bits per heavy atom. The van der Waals surface area contributed by atoms with Crippen LogP contribution in [0.3, 0.4) is 0 Å². The van der Waals surface area contributed by atoms with E-state index in [1.54, 1.807) is 6.92 Å². The lowest BCUT2D eigenvalue weighted by Gasteiger charge is -2.16. The predicted molar refractivity (Wildman–Crippen MR) is 65.1 cm³/mol. The second-order valence-corrected chi connectivity index (χ2v) is 6.34. The van der Waals surface area contributed by atoms with E-state index >= 15 is 0 Å². The molecule has 1 aromatic heterocycles. The maximum Gasteiger partial charge on any atom is 0.324 e. The molecule has 2 heterocycles. The Hall–Kier alpha value is -1.15. The van der Waals surface area contributed by atoms with Crippen LogP contribution in [0, 0.1) is 6.92 Å². The van der Waals surface area contributed by atoms with Crippen LogP contribution in [0.5, 0.6) is 0 Å². The highest BCUT2D eigenvalue weighted by molar-refractivity contribution is 8.02. The van der Waals surface area contributed by atoms with Gasteiger partial charge in [-0.1, -0.05) is 23.1 Å². The Kier molecular flexibility index (Phi) is 3.63. The molecule has 6 nitrogen and oxygen atoms in total. The van der Waals surface area contributed by atoms with Gasteiger partial charge in [0.1, 0.15) is 5.01 Å². The minimum atomic E-state index is -0.328. The zero-order chi connectivity index (χ0) is 12.4. The summed E-state index contributed by atoms with van der Waals surface area (Å²) in [6, 6.07) is -0.309. The summed E-state index contributed by atoms with van der Waals surface area (Å²) < 4.78 is 0.753. The number of rotatable bonds is 3. The normalized spacial score (nSPS) is 17.1. The molecule has 0 saturated carbocycles. The first-order valence-corrected chi connectivity index (χ1v) is 6.83. The number of aromatic nitrogens is 2. The Morgan fingerprint density at radius 2 is 2.35 bits per heavy atom. The van der Waals surface area contributed by atoms with Crippen molar-refractivity contribution in [2.75, 3.05) is 13.1 Å². The van der Waals surface area contributed by atoms with Crippen LogP contribution in [-0.4, -0.2) is 45.4 Å². The quantitative estimate of drug-likeness (QED) is 0.827. The molecule has 2 rings (SSSR count). The molecule has 8 heteroatoms. The fraction of sp³-hybridized carbons (Fsp3) is 0.556. The number of nitrogens with one attached hydrogen (secondary N) is 1. The molecule has 92 valence electrons. The van der Waals surface area contributed by atoms with Crippen LogP contribution in [0.15, 0.2) is 4.34 Å². The van der Waals surface area contributed by atoms with Gasteiger partial charge in [0.2, 0.25) is 5.91 Å². The number of hydrogen-bond acceptors (Lipinski definition) is 6. The fourth-order valence-electron chi connectivity index (χ4n) is 1.43. The van der Waals surface area contributed by atoms with Gasteiger partial charge in [-0.05, 0) is 13.8 Å². The predicted octanol–water partition coefficient (Wildman–Crippen LogP) is 0.879. The first-order chi connectivity index (χ1) is 8.08. The van der Waals surface area contributed by atoms with Crippen molar-refractivity contribution in [3.8, 4) is 0 Å². The highest BCUT2D eigenvalue weighted by Gasteiger charge is 2.30. The molecule has 1 atom stereocenters. The summed E-state index contributed by atoms with van der Waals surface area (Å²) >= 11 is 2.78. The molecule has 0 spiro atoms. The first kappa shape index (κ1) is 12.3. The van der Waals surface area contributed by atoms with E-state index in [0.717, 1.165) is 9.35 Å². The number of carbonyl (C=O) groups is 2. The smallest absolute Gasteiger partial charge is 0.324 e. The van der Waals surface area contributed by atoms with Crippen molar-refractivity contribution in [1.82, 2.24) is 20.4 Å². The molecule has 1 aliphatic rings. The maximum absolute atomic E-state index is 12.0. The number of amides is 3. The van der Waals surface area contributed by atoms with Crippen LogP contribution in [-0.2, 0) is 4.79 Å². The van der Waals surface area contributed by atoms with Gasteiger partial charge < -0.3 is 5.32 Å². The summed E-state index contributed by atoms with van der Waals surface area (Å²) in [4.78, 5) is 24.5. The summed E-state index contributed by atoms with van der Waals surface area (Å²) in [5.74, 6) is -0.183. The van der Waals surface area contributed by atoms with Crippen molar-refractivity contribution in [1.29, 1.82) is 0 Å². The van der Waals surface area contributed by atoms with Crippen molar-refractivity contribution in [3.05, 3.63) is 5.01 Å². The van der Waals surface area contributed by atoms with E-state index in [2.05, 4.69) is 15.5 Å². The number of aryl methyl sites for hydroxylation is 1. The Bertz CT molecular complexity index is 448. The van der Waals surface area contributed by atoms with Gasteiger partial charge in [0, 0.05) is 13.1 Å². The SMILES string of the molecule is Cc1nnc(SC(C)C(=O)N2CCNC2=O)s1. The molecule has 0 bridgehead atoms. The van der Waals surface area contributed by atoms with Crippen molar-refractivity contribution in [3.63, 3.8) is 0 Å². The van der Waals surface area contributed by atoms with Crippen LogP contribution in [0.4, 0.5) is 4.79 Å². The number of thioether (sulfide) groups is 1. The Labute approximate surface area is 107 Å². The van der Waals surface area contributed by atoms with Crippen LogP contribution >= 0.6 is 23.1 Å². The van der Waals surface area contributed by atoms with Crippen LogP contribution < -0.4 is 5.32 Å². The molecule has 1 N–H and O–H groups in total. The first-order valence-electron chi connectivity index (χ1n) is 5.14. The third kappa shape index (κ3) is 2.75. The van der Waals surface area contributed by atoms with E-state index in [-0.39, 0.29) is 17.2 Å². The summed E-state index contributed by atoms with van der Waals surface area (Å²) in [6.45, 7) is 4.61. The van der Waals surface area contributed by atoms with Gasteiger partial charge in [0.25, 0.3) is 0 Å². The van der Waals surface area contributed by atoms with Crippen LogP contribution in [0.25, 0.3) is 0 Å². The van der Waals surface area contributed by atoms with Crippen molar-refractivity contribution in [2.24, 2.45) is 0 Å². The average molecular weight is 272 g/mol. The molecular formula is C9H12N4O2S2. The van der Waals surface area contributed by atoms with Crippen molar-refractivity contribution in [2.45, 2.75) is 23.4 Å². The molecule has 3 amide bonds. The third-order valence-corrected chi connectivity index (χ3v) is 4.27. The minimum absolute atomic E-state index is 0.183. The summed E-state index contributed by atoms with van der Waals surface area (Å²) in [7, 11) is 0. The summed E-state index contributed by atoms with van der Waals surface area (Å²) in [6.07, 6.45) is 0. The van der Waals surface area contributed by atoms with Gasteiger partial charge in [0.05, 0.1) is 5.25 Å². The van der Waals surface area contributed by atoms with E-state index < -0.39 is 0 Å². The fourth-order valence-corrected chi connectivity index (χ4v) is 3.45. The molecule has 17 heavy (non-hydrogen) atoms. The van der Waals surface area contributed by atoms with E-state index in [0.29, 0.717) is 13.1 Å². The number of urea groups is 1. The highest BCUT2D eigenvalue weighted by atomic mass is 32.2. The second-order valence-electron chi connectivity index (χ2n) is 3.57. The molecule has 1 aliphatic heterocycles. The molecular weight excluding hydrogens is 260 g/mol. The number of imide groups is 1.